The zero-order valence-corrected chi connectivity index (χ0v) is 56.6. The first-order chi connectivity index (χ1) is 39.9. The van der Waals surface area contributed by atoms with Gasteiger partial charge in [0, 0.05) is 39.7 Å². The topological polar surface area (TPSA) is 0 Å². The molecular weight excluding hydrogens is 1050 g/mol. The van der Waals surface area contributed by atoms with Gasteiger partial charge in [0.15, 0.2) is 0 Å². The average Bonchev–Trinajstić information content (AvgIpc) is 4.33. The lowest BCUT2D eigenvalue weighted by Gasteiger charge is -2.09. The summed E-state index contributed by atoms with van der Waals surface area (Å²) in [6.07, 6.45) is 78.3. The first kappa shape index (κ1) is 68.8. The third-order valence-electron chi connectivity index (χ3n) is 17.0. The van der Waals surface area contributed by atoms with E-state index < -0.39 is 0 Å². The molecule has 0 unspecified atom stereocenters. The van der Waals surface area contributed by atoms with Crippen LogP contribution in [-0.2, 0) is 51.4 Å². The minimum atomic E-state index is 1.18. The maximum Gasteiger partial charge on any atom is 0.0312 e. The van der Waals surface area contributed by atoms with E-state index in [2.05, 4.69) is 161 Å². The van der Waals surface area contributed by atoms with E-state index >= 15 is 0 Å². The number of hydrogen-bond donors (Lipinski definition) is 0. The Morgan fingerprint density at radius 3 is 0.815 bits per heavy atom. The summed E-state index contributed by atoms with van der Waals surface area (Å²) in [5.41, 5.74) is 17.9. The minimum Gasteiger partial charge on any atom is -0.144 e. The van der Waals surface area contributed by atoms with Crippen LogP contribution in [0.5, 0.6) is 0 Å². The van der Waals surface area contributed by atoms with Gasteiger partial charge in [-0.25, -0.2) is 0 Å². The van der Waals surface area contributed by atoms with Gasteiger partial charge < -0.3 is 0 Å². The molecule has 0 spiro atoms. The Morgan fingerprint density at radius 1 is 0.284 bits per heavy atom. The second kappa shape index (κ2) is 42.8. The lowest BCUT2D eigenvalue weighted by Crippen LogP contribution is -1.96. The van der Waals surface area contributed by atoms with Crippen molar-refractivity contribution < 1.29 is 0 Å². The van der Waals surface area contributed by atoms with Gasteiger partial charge in [-0.1, -0.05) is 216 Å². The van der Waals surface area contributed by atoms with Crippen molar-refractivity contribution in [2.75, 3.05) is 0 Å². The molecule has 5 rings (SSSR count). The Hall–Kier alpha value is -2.98. The molecule has 0 nitrogen and oxygen atoms in total. The zero-order chi connectivity index (χ0) is 57.5. The van der Waals surface area contributed by atoms with Crippen LogP contribution in [0, 0.1) is 0 Å². The standard InChI is InChI=1S/C77H116S4/c1-9-17-25-33-45-63-61-78-71(64(63)46-34-26-18-10-2)55-56-73-67(49-37-29-21-13-5)68(50-38-30-22-14-6)75(80-73)59-60-77-70(52-40-32-24-16-8)69(51-39-31-23-15-7)76(81-77)58-57-74-66(48-36-28-20-12-4)65(47-35-27-19-11-3)72(79-74)54-53-62-43-41-42-44-62/h41-43,53-61H,9-40,45-52H2,1-8H3/b54-53+,56-55+,58-57+,60-59+. The van der Waals surface area contributed by atoms with Crippen molar-refractivity contribution >= 4 is 87.9 Å². The smallest absolute Gasteiger partial charge is 0.0312 e. The fourth-order valence-electron chi connectivity index (χ4n) is 12.0. The second-order valence-corrected chi connectivity index (χ2v) is 28.1. The summed E-state index contributed by atoms with van der Waals surface area (Å²) < 4.78 is 0. The summed E-state index contributed by atoms with van der Waals surface area (Å²) in [5, 5.41) is 2.54. The maximum atomic E-state index is 3.44. The van der Waals surface area contributed by atoms with Crippen molar-refractivity contribution in [3.05, 3.63) is 120 Å². The molecule has 0 bridgehead atoms. The van der Waals surface area contributed by atoms with Crippen LogP contribution in [-0.4, -0.2) is 0 Å². The van der Waals surface area contributed by atoms with Crippen LogP contribution in [0.1, 0.15) is 340 Å². The molecule has 0 saturated carbocycles. The van der Waals surface area contributed by atoms with Crippen molar-refractivity contribution in [1.82, 2.24) is 0 Å². The quantitative estimate of drug-likeness (QED) is 0.0305. The van der Waals surface area contributed by atoms with E-state index in [1.165, 1.54) is 297 Å². The van der Waals surface area contributed by atoms with Crippen LogP contribution in [0.15, 0.2) is 41.0 Å². The van der Waals surface area contributed by atoms with Crippen molar-refractivity contribution in [3.63, 3.8) is 0 Å². The molecule has 0 fully saturated rings. The lowest BCUT2D eigenvalue weighted by molar-refractivity contribution is 0.651. The highest BCUT2D eigenvalue weighted by Crippen LogP contribution is 2.41. The molecule has 4 aromatic rings. The highest BCUT2D eigenvalue weighted by atomic mass is 32.1. The zero-order valence-electron chi connectivity index (χ0n) is 53.3. The number of thiophene rings is 4. The first-order valence-corrected chi connectivity index (χ1v) is 37.7. The molecule has 0 radical (unpaired) electrons. The van der Waals surface area contributed by atoms with Gasteiger partial charge in [0.25, 0.3) is 0 Å². The number of hydrogen-bond acceptors (Lipinski definition) is 4. The van der Waals surface area contributed by atoms with Gasteiger partial charge in [-0.05, 0) is 213 Å². The van der Waals surface area contributed by atoms with Crippen LogP contribution in [0.4, 0.5) is 0 Å². The monoisotopic (exact) mass is 1170 g/mol. The molecule has 4 aromatic heterocycles. The highest BCUT2D eigenvalue weighted by Gasteiger charge is 2.21. The molecule has 0 aromatic carbocycles. The van der Waals surface area contributed by atoms with Gasteiger partial charge in [-0.2, -0.15) is 0 Å². The predicted octanol–water partition coefficient (Wildman–Crippen LogP) is 27.1. The fourth-order valence-corrected chi connectivity index (χ4v) is 16.7. The van der Waals surface area contributed by atoms with Gasteiger partial charge in [-0.15, -0.1) is 51.1 Å². The Morgan fingerprint density at radius 2 is 0.543 bits per heavy atom. The molecule has 0 N–H and O–H groups in total. The summed E-state index contributed by atoms with van der Waals surface area (Å²) in [7, 11) is 0. The molecule has 0 saturated heterocycles. The van der Waals surface area contributed by atoms with Gasteiger partial charge >= 0.3 is 0 Å². The van der Waals surface area contributed by atoms with Crippen molar-refractivity contribution in [3.8, 4) is 0 Å². The number of aryl methyl sites for hydroxylation is 1. The van der Waals surface area contributed by atoms with E-state index in [-0.39, 0.29) is 0 Å². The third-order valence-corrected chi connectivity index (χ3v) is 21.7. The highest BCUT2D eigenvalue weighted by molar-refractivity contribution is 7.16. The molecule has 4 heterocycles. The van der Waals surface area contributed by atoms with Crippen molar-refractivity contribution in [1.29, 1.82) is 0 Å². The Balaban J connectivity index is 1.65. The van der Waals surface area contributed by atoms with Crippen LogP contribution >= 0.6 is 45.3 Å². The maximum absolute atomic E-state index is 3.44. The van der Waals surface area contributed by atoms with E-state index in [0.29, 0.717) is 0 Å². The number of allylic oxidation sites excluding steroid dienone is 4. The molecule has 1 aliphatic rings. The van der Waals surface area contributed by atoms with Crippen molar-refractivity contribution in [2.45, 2.75) is 312 Å². The van der Waals surface area contributed by atoms with Gasteiger partial charge in [0.2, 0.25) is 0 Å². The van der Waals surface area contributed by atoms with E-state index in [0.717, 1.165) is 0 Å². The van der Waals surface area contributed by atoms with E-state index in [9.17, 15) is 0 Å². The van der Waals surface area contributed by atoms with Crippen LogP contribution in [0.25, 0.3) is 42.5 Å². The molecule has 1 aliphatic carbocycles. The first-order valence-electron chi connectivity index (χ1n) is 34.3. The lowest BCUT2D eigenvalue weighted by atomic mass is 9.95. The minimum absolute atomic E-state index is 1.18. The Bertz CT molecular complexity index is 2540. The van der Waals surface area contributed by atoms with Crippen LogP contribution < -0.4 is 0 Å². The summed E-state index contributed by atoms with van der Waals surface area (Å²) in [5.74, 6) is 0. The van der Waals surface area contributed by atoms with E-state index in [4.69, 9.17) is 0 Å². The summed E-state index contributed by atoms with van der Waals surface area (Å²) >= 11 is 8.32. The molecule has 0 amide bonds. The normalized spacial score (nSPS) is 12.8. The summed E-state index contributed by atoms with van der Waals surface area (Å²) in [6.45, 7) is 18.8. The van der Waals surface area contributed by atoms with Gasteiger partial charge in [0.05, 0.1) is 0 Å². The van der Waals surface area contributed by atoms with Gasteiger partial charge in [0.1, 0.15) is 0 Å². The summed E-state index contributed by atoms with van der Waals surface area (Å²) in [4.78, 5) is 10.6. The molecule has 81 heavy (non-hydrogen) atoms. The number of unbranched alkanes of at least 4 members (excludes halogenated alkanes) is 24. The molecule has 0 aliphatic heterocycles. The molecule has 448 valence electrons. The summed E-state index contributed by atoms with van der Waals surface area (Å²) in [6, 6.07) is 0. The second-order valence-electron chi connectivity index (χ2n) is 23.9. The molecular formula is C77H116S4. The Labute approximate surface area is 516 Å². The molecule has 0 atom stereocenters. The SMILES string of the molecule is CCCCCCc1csc(/C=C/c2sc(/C=C/c3sc(/C=C/c4sc(/C=C/C5=C=CC=C5)c(CCCCCC)c4CCCCCC)c(CCCCCC)c3CCCCCC)c(CCCCCC)c2CCCCCC)c1CCCCCC. The van der Waals surface area contributed by atoms with Crippen LogP contribution in [0.3, 0.4) is 0 Å². The van der Waals surface area contributed by atoms with Gasteiger partial charge in [-0.3, -0.25) is 0 Å². The van der Waals surface area contributed by atoms with Crippen molar-refractivity contribution in [2.24, 2.45) is 0 Å². The fraction of sp³-hybridized carbons (Fsp3) is 0.623. The van der Waals surface area contributed by atoms with E-state index in [1.54, 1.807) is 44.5 Å². The average molecular weight is 1170 g/mol. The molecule has 4 heteroatoms. The number of rotatable bonds is 48. The Kier molecular flexibility index (Phi) is 36.3. The third kappa shape index (κ3) is 24.5. The largest absolute Gasteiger partial charge is 0.144 e. The van der Waals surface area contributed by atoms with E-state index in [1.807, 2.05) is 17.4 Å². The van der Waals surface area contributed by atoms with Crippen LogP contribution in [0.2, 0.25) is 0 Å². The predicted molar refractivity (Wildman–Crippen MR) is 377 cm³/mol.